The van der Waals surface area contributed by atoms with Crippen LogP contribution in [-0.2, 0) is 13.0 Å². The molecule has 0 bridgehead atoms. The molecule has 5 rings (SSSR count). The van der Waals surface area contributed by atoms with Crippen molar-refractivity contribution in [2.45, 2.75) is 26.3 Å². The van der Waals surface area contributed by atoms with E-state index in [0.29, 0.717) is 23.2 Å². The second-order valence-corrected chi connectivity index (χ2v) is 8.13. The topological polar surface area (TPSA) is 57.7 Å². The molecule has 3 aromatic rings. The molecule has 5 heteroatoms. The molecule has 2 heterocycles. The van der Waals surface area contributed by atoms with Gasteiger partial charge < -0.3 is 4.90 Å². The number of nitrogens with zero attached hydrogens (tertiary/aromatic N) is 2. The number of imide groups is 1. The molecule has 0 saturated heterocycles. The number of carbonyl (C=O) groups is 3. The number of amides is 3. The SMILES string of the molecule is Cc1ccc2c(c1)CCCN2C(=O)c1ccc(CN2C(=O)c3ccccc3C2=O)cc1. The number of aryl methyl sites for hydroxylation is 2. The number of hydrogen-bond donors (Lipinski definition) is 0. The smallest absolute Gasteiger partial charge is 0.261 e. The van der Waals surface area contributed by atoms with Gasteiger partial charge in [0.1, 0.15) is 0 Å². The maximum Gasteiger partial charge on any atom is 0.261 e. The molecule has 0 fully saturated rings. The van der Waals surface area contributed by atoms with E-state index in [0.717, 1.165) is 24.1 Å². The Bertz CT molecular complexity index is 1180. The number of anilines is 1. The summed E-state index contributed by atoms with van der Waals surface area (Å²) < 4.78 is 0. The van der Waals surface area contributed by atoms with Gasteiger partial charge in [-0.25, -0.2) is 0 Å². The van der Waals surface area contributed by atoms with Crippen LogP contribution in [-0.4, -0.2) is 29.2 Å². The normalized spacial score (nSPS) is 15.1. The average molecular weight is 410 g/mol. The standard InChI is InChI=1S/C26H22N2O3/c1-17-8-13-23-20(15-17)5-4-14-27(23)24(29)19-11-9-18(10-12-19)16-28-25(30)21-6-2-3-7-22(21)26(28)31/h2-3,6-13,15H,4-5,14,16H2,1H3. The zero-order chi connectivity index (χ0) is 21.5. The lowest BCUT2D eigenvalue weighted by Gasteiger charge is -2.30. The van der Waals surface area contributed by atoms with E-state index in [9.17, 15) is 14.4 Å². The van der Waals surface area contributed by atoms with Crippen LogP contribution >= 0.6 is 0 Å². The van der Waals surface area contributed by atoms with Crippen LogP contribution in [0.1, 0.15) is 54.2 Å². The molecule has 5 nitrogen and oxygen atoms in total. The van der Waals surface area contributed by atoms with Crippen LogP contribution in [0.15, 0.2) is 66.7 Å². The van der Waals surface area contributed by atoms with Gasteiger partial charge in [-0.05, 0) is 61.2 Å². The minimum absolute atomic E-state index is 0.0305. The van der Waals surface area contributed by atoms with Gasteiger partial charge in [-0.2, -0.15) is 0 Å². The third-order valence-corrected chi connectivity index (χ3v) is 6.02. The Morgan fingerprint density at radius 3 is 2.26 bits per heavy atom. The Kier molecular flexibility index (Phi) is 4.66. The second-order valence-electron chi connectivity index (χ2n) is 8.13. The fraction of sp³-hybridized carbons (Fsp3) is 0.192. The Labute approximate surface area is 180 Å². The van der Waals surface area contributed by atoms with Crippen molar-refractivity contribution in [2.24, 2.45) is 0 Å². The molecule has 2 aliphatic rings. The van der Waals surface area contributed by atoms with E-state index in [1.807, 2.05) is 29.2 Å². The average Bonchev–Trinajstić information content (AvgIpc) is 3.03. The molecule has 0 aromatic heterocycles. The van der Waals surface area contributed by atoms with Crippen LogP contribution in [0.3, 0.4) is 0 Å². The molecule has 31 heavy (non-hydrogen) atoms. The lowest BCUT2D eigenvalue weighted by atomic mass is 9.98. The van der Waals surface area contributed by atoms with Gasteiger partial charge >= 0.3 is 0 Å². The Hall–Kier alpha value is -3.73. The van der Waals surface area contributed by atoms with Gasteiger partial charge in [-0.1, -0.05) is 42.0 Å². The van der Waals surface area contributed by atoms with Gasteiger partial charge in [0, 0.05) is 17.8 Å². The van der Waals surface area contributed by atoms with Crippen LogP contribution in [0, 0.1) is 6.92 Å². The Morgan fingerprint density at radius 1 is 0.903 bits per heavy atom. The monoisotopic (exact) mass is 410 g/mol. The van der Waals surface area contributed by atoms with Gasteiger partial charge in [0.15, 0.2) is 0 Å². The number of carbonyl (C=O) groups excluding carboxylic acids is 3. The van der Waals surface area contributed by atoms with Crippen molar-refractivity contribution < 1.29 is 14.4 Å². The van der Waals surface area contributed by atoms with Crippen molar-refractivity contribution in [1.82, 2.24) is 4.90 Å². The lowest BCUT2D eigenvalue weighted by Crippen LogP contribution is -2.35. The van der Waals surface area contributed by atoms with Crippen molar-refractivity contribution in [3.8, 4) is 0 Å². The highest BCUT2D eigenvalue weighted by atomic mass is 16.2. The summed E-state index contributed by atoms with van der Waals surface area (Å²) in [5.41, 5.74) is 5.68. The van der Waals surface area contributed by atoms with Crippen molar-refractivity contribution >= 4 is 23.4 Å². The van der Waals surface area contributed by atoms with Crippen molar-refractivity contribution in [1.29, 1.82) is 0 Å². The summed E-state index contributed by atoms with van der Waals surface area (Å²) in [6, 6.07) is 20.3. The third kappa shape index (κ3) is 3.32. The molecule has 0 aliphatic carbocycles. The maximum atomic E-state index is 13.2. The van der Waals surface area contributed by atoms with E-state index >= 15 is 0 Å². The van der Waals surface area contributed by atoms with Crippen LogP contribution in [0.25, 0.3) is 0 Å². The van der Waals surface area contributed by atoms with E-state index in [4.69, 9.17) is 0 Å². The van der Waals surface area contributed by atoms with Crippen molar-refractivity contribution in [2.75, 3.05) is 11.4 Å². The van der Waals surface area contributed by atoms with Crippen LogP contribution in [0.5, 0.6) is 0 Å². The summed E-state index contributed by atoms with van der Waals surface area (Å²) in [6.07, 6.45) is 1.93. The van der Waals surface area contributed by atoms with Crippen LogP contribution in [0.2, 0.25) is 0 Å². The molecular formula is C26H22N2O3. The summed E-state index contributed by atoms with van der Waals surface area (Å²) in [6.45, 7) is 2.95. The number of fused-ring (bicyclic) bond motifs is 2. The van der Waals surface area contributed by atoms with E-state index < -0.39 is 0 Å². The minimum Gasteiger partial charge on any atom is -0.308 e. The summed E-state index contributed by atoms with van der Waals surface area (Å²) in [5, 5.41) is 0. The highest BCUT2D eigenvalue weighted by molar-refractivity contribution is 6.21. The number of benzene rings is 3. The van der Waals surface area contributed by atoms with Crippen LogP contribution < -0.4 is 4.90 Å². The highest BCUT2D eigenvalue weighted by Gasteiger charge is 2.35. The third-order valence-electron chi connectivity index (χ3n) is 6.02. The molecule has 3 amide bonds. The second kappa shape index (κ2) is 7.51. The number of rotatable bonds is 3. The zero-order valence-corrected chi connectivity index (χ0v) is 17.3. The fourth-order valence-electron chi connectivity index (χ4n) is 4.41. The predicted molar refractivity (Wildman–Crippen MR) is 118 cm³/mol. The zero-order valence-electron chi connectivity index (χ0n) is 17.3. The molecular weight excluding hydrogens is 388 g/mol. The van der Waals surface area contributed by atoms with Crippen molar-refractivity contribution in [3.05, 3.63) is 100 Å². The summed E-state index contributed by atoms with van der Waals surface area (Å²) >= 11 is 0. The molecule has 0 unspecified atom stereocenters. The Balaban J connectivity index is 1.34. The van der Waals surface area contributed by atoms with Gasteiger partial charge in [0.05, 0.1) is 17.7 Å². The number of hydrogen-bond acceptors (Lipinski definition) is 3. The van der Waals surface area contributed by atoms with Crippen LogP contribution in [0.4, 0.5) is 5.69 Å². The molecule has 0 radical (unpaired) electrons. The highest BCUT2D eigenvalue weighted by Crippen LogP contribution is 2.29. The quantitative estimate of drug-likeness (QED) is 0.602. The van der Waals surface area contributed by atoms with Crippen molar-refractivity contribution in [3.63, 3.8) is 0 Å². The van der Waals surface area contributed by atoms with Gasteiger partial charge in [0.25, 0.3) is 17.7 Å². The van der Waals surface area contributed by atoms with E-state index in [1.165, 1.54) is 16.0 Å². The van der Waals surface area contributed by atoms with Gasteiger partial charge in [-0.15, -0.1) is 0 Å². The molecule has 2 aliphatic heterocycles. The first-order chi connectivity index (χ1) is 15.0. The fourth-order valence-corrected chi connectivity index (χ4v) is 4.41. The first-order valence-corrected chi connectivity index (χ1v) is 10.5. The van der Waals surface area contributed by atoms with Gasteiger partial charge in [0.2, 0.25) is 0 Å². The lowest BCUT2D eigenvalue weighted by molar-refractivity contribution is 0.0642. The minimum atomic E-state index is -0.277. The Morgan fingerprint density at radius 2 is 1.58 bits per heavy atom. The molecule has 0 spiro atoms. The largest absolute Gasteiger partial charge is 0.308 e. The predicted octanol–water partition coefficient (Wildman–Crippen LogP) is 4.38. The first kappa shape index (κ1) is 19.2. The molecule has 0 saturated carbocycles. The van der Waals surface area contributed by atoms with Gasteiger partial charge in [-0.3, -0.25) is 19.3 Å². The maximum absolute atomic E-state index is 13.2. The first-order valence-electron chi connectivity index (χ1n) is 10.5. The van der Waals surface area contributed by atoms with E-state index in [1.54, 1.807) is 36.4 Å². The molecule has 0 atom stereocenters. The summed E-state index contributed by atoms with van der Waals surface area (Å²) in [4.78, 5) is 41.4. The molecule has 0 N–H and O–H groups in total. The van der Waals surface area contributed by atoms with E-state index in [-0.39, 0.29) is 24.3 Å². The molecule has 154 valence electrons. The summed E-state index contributed by atoms with van der Waals surface area (Å²) in [7, 11) is 0. The summed E-state index contributed by atoms with van der Waals surface area (Å²) in [5.74, 6) is -0.584. The van der Waals surface area contributed by atoms with E-state index in [2.05, 4.69) is 13.0 Å². The molecule has 3 aromatic carbocycles.